The first-order valence-corrected chi connectivity index (χ1v) is 13.3. The van der Waals surface area contributed by atoms with Crippen molar-refractivity contribution in [3.05, 3.63) is 59.7 Å². The zero-order valence-corrected chi connectivity index (χ0v) is 21.2. The zero-order valence-electron chi connectivity index (χ0n) is 21.2. The lowest BCUT2D eigenvalue weighted by molar-refractivity contribution is -0.0328. The summed E-state index contributed by atoms with van der Waals surface area (Å²) in [5.74, 6) is 2.59. The van der Waals surface area contributed by atoms with Crippen molar-refractivity contribution in [2.45, 2.75) is 76.4 Å². The van der Waals surface area contributed by atoms with Crippen molar-refractivity contribution in [1.82, 2.24) is 0 Å². The summed E-state index contributed by atoms with van der Waals surface area (Å²) in [6.45, 7) is 0.723. The van der Waals surface area contributed by atoms with E-state index in [0.29, 0.717) is 23.5 Å². The van der Waals surface area contributed by atoms with E-state index in [9.17, 15) is 4.79 Å². The Hall–Kier alpha value is -2.53. The molecule has 2 saturated carbocycles. The topological polar surface area (TPSA) is 54.0 Å². The van der Waals surface area contributed by atoms with E-state index in [0.717, 1.165) is 56.6 Å². The van der Waals surface area contributed by atoms with Crippen LogP contribution in [0, 0.1) is 11.8 Å². The molecule has 2 aromatic carbocycles. The van der Waals surface area contributed by atoms with Gasteiger partial charge in [0.15, 0.2) is 11.5 Å². The van der Waals surface area contributed by atoms with Gasteiger partial charge in [-0.3, -0.25) is 0 Å². The van der Waals surface area contributed by atoms with Gasteiger partial charge in [0.05, 0.1) is 32.5 Å². The van der Waals surface area contributed by atoms with E-state index < -0.39 is 0 Å². The second-order valence-corrected chi connectivity index (χ2v) is 9.96. The number of carbonyl (C=O) groups is 1. The van der Waals surface area contributed by atoms with Gasteiger partial charge in [0, 0.05) is 0 Å². The number of benzene rings is 2. The Bertz CT molecular complexity index is 928. The van der Waals surface area contributed by atoms with Crippen LogP contribution >= 0.6 is 0 Å². The van der Waals surface area contributed by atoms with Gasteiger partial charge in [-0.2, -0.15) is 0 Å². The van der Waals surface area contributed by atoms with Crippen molar-refractivity contribution in [1.29, 1.82) is 0 Å². The standard InChI is InChI=1S/C30H40O5/c1-32-28-18-15-22(21-29(28)33-2)19-20-34-27-14-7-6-13-26(27)23-11-8-12-25(17-16-23)35-30(31)24-9-4-3-5-10-24/h3-5,9-10,15,18,21,23,25-27H,6-8,11-14,16-17,19-20H2,1-2H3/t23?,25-,26+,27-/m0/s1. The molecule has 5 nitrogen and oxygen atoms in total. The molecule has 0 spiro atoms. The number of hydrogen-bond donors (Lipinski definition) is 0. The van der Waals surface area contributed by atoms with Crippen LogP contribution in [0.3, 0.4) is 0 Å². The van der Waals surface area contributed by atoms with Crippen molar-refractivity contribution in [3.63, 3.8) is 0 Å². The Kier molecular flexibility index (Phi) is 9.47. The number of ether oxygens (including phenoxy) is 4. The van der Waals surface area contributed by atoms with E-state index in [2.05, 4.69) is 6.07 Å². The maximum Gasteiger partial charge on any atom is 0.338 e. The maximum atomic E-state index is 12.5. The smallest absolute Gasteiger partial charge is 0.338 e. The van der Waals surface area contributed by atoms with Crippen LogP contribution < -0.4 is 9.47 Å². The first-order chi connectivity index (χ1) is 17.2. The highest BCUT2D eigenvalue weighted by molar-refractivity contribution is 5.89. The SMILES string of the molecule is COc1ccc(CCO[C@H]2CCCC[C@@H]2C2CCC[C@H](OC(=O)c3ccccc3)CC2)cc1OC. The average Bonchev–Trinajstić information content (AvgIpc) is 3.14. The lowest BCUT2D eigenvalue weighted by atomic mass is 9.75. The monoisotopic (exact) mass is 480 g/mol. The molecule has 0 radical (unpaired) electrons. The lowest BCUT2D eigenvalue weighted by Gasteiger charge is -2.37. The van der Waals surface area contributed by atoms with Gasteiger partial charge >= 0.3 is 5.97 Å². The van der Waals surface area contributed by atoms with Crippen molar-refractivity contribution < 1.29 is 23.7 Å². The summed E-state index contributed by atoms with van der Waals surface area (Å²) in [6.07, 6.45) is 11.5. The van der Waals surface area contributed by atoms with Gasteiger partial charge in [0.1, 0.15) is 6.10 Å². The highest BCUT2D eigenvalue weighted by Crippen LogP contribution is 2.39. The van der Waals surface area contributed by atoms with E-state index in [1.54, 1.807) is 14.2 Å². The molecule has 0 saturated heterocycles. The Morgan fingerprint density at radius 2 is 1.63 bits per heavy atom. The second-order valence-electron chi connectivity index (χ2n) is 9.96. The Balaban J connectivity index is 1.28. The van der Waals surface area contributed by atoms with E-state index in [1.165, 1.54) is 31.2 Å². The fourth-order valence-electron chi connectivity index (χ4n) is 5.87. The zero-order chi connectivity index (χ0) is 24.5. The van der Waals surface area contributed by atoms with Gasteiger partial charge in [-0.25, -0.2) is 4.79 Å². The molecule has 0 aromatic heterocycles. The van der Waals surface area contributed by atoms with Crippen LogP contribution in [0.25, 0.3) is 0 Å². The van der Waals surface area contributed by atoms with Crippen LogP contribution in [0.2, 0.25) is 0 Å². The van der Waals surface area contributed by atoms with E-state index in [1.807, 2.05) is 42.5 Å². The van der Waals surface area contributed by atoms with Crippen LogP contribution in [0.1, 0.15) is 73.7 Å². The molecule has 1 unspecified atom stereocenters. The molecule has 0 aliphatic heterocycles. The highest BCUT2D eigenvalue weighted by Gasteiger charge is 2.34. The van der Waals surface area contributed by atoms with Crippen LogP contribution in [-0.2, 0) is 15.9 Å². The number of methoxy groups -OCH3 is 2. The molecule has 4 rings (SSSR count). The molecule has 5 heteroatoms. The maximum absolute atomic E-state index is 12.5. The third kappa shape index (κ3) is 7.00. The largest absolute Gasteiger partial charge is 0.493 e. The Morgan fingerprint density at radius 3 is 2.43 bits per heavy atom. The number of carbonyl (C=O) groups excluding carboxylic acids is 1. The van der Waals surface area contributed by atoms with Gasteiger partial charge in [0.2, 0.25) is 0 Å². The number of esters is 1. The first-order valence-electron chi connectivity index (χ1n) is 13.3. The average molecular weight is 481 g/mol. The van der Waals surface area contributed by atoms with Crippen LogP contribution in [0.15, 0.2) is 48.5 Å². The summed E-state index contributed by atoms with van der Waals surface area (Å²) < 4.78 is 23.2. The summed E-state index contributed by atoms with van der Waals surface area (Å²) in [7, 11) is 3.33. The minimum atomic E-state index is -0.192. The lowest BCUT2D eigenvalue weighted by Crippen LogP contribution is -2.34. The van der Waals surface area contributed by atoms with Gasteiger partial charge in [-0.05, 0) is 93.0 Å². The van der Waals surface area contributed by atoms with Gasteiger partial charge in [-0.1, -0.05) is 37.1 Å². The molecule has 2 aliphatic carbocycles. The fourth-order valence-corrected chi connectivity index (χ4v) is 5.87. The predicted molar refractivity (Wildman–Crippen MR) is 137 cm³/mol. The Morgan fingerprint density at radius 1 is 0.829 bits per heavy atom. The van der Waals surface area contributed by atoms with Crippen molar-refractivity contribution in [3.8, 4) is 11.5 Å². The third-order valence-electron chi connectivity index (χ3n) is 7.77. The summed E-state index contributed by atoms with van der Waals surface area (Å²) in [6, 6.07) is 15.4. The van der Waals surface area contributed by atoms with Crippen LogP contribution in [-0.4, -0.2) is 39.0 Å². The van der Waals surface area contributed by atoms with Gasteiger partial charge < -0.3 is 18.9 Å². The minimum absolute atomic E-state index is 0.0284. The van der Waals surface area contributed by atoms with Crippen LogP contribution in [0.5, 0.6) is 11.5 Å². The van der Waals surface area contributed by atoms with E-state index in [-0.39, 0.29) is 12.1 Å². The molecular weight excluding hydrogens is 440 g/mol. The highest BCUT2D eigenvalue weighted by atomic mass is 16.5. The van der Waals surface area contributed by atoms with Gasteiger partial charge in [-0.15, -0.1) is 0 Å². The molecule has 0 amide bonds. The summed E-state index contributed by atoms with van der Waals surface area (Å²) in [5, 5.41) is 0. The molecule has 2 aliphatic rings. The van der Waals surface area contributed by atoms with Crippen LogP contribution in [0.4, 0.5) is 0 Å². The normalized spacial score (nSPS) is 24.9. The number of rotatable bonds is 9. The summed E-state index contributed by atoms with van der Waals surface area (Å²) in [4.78, 5) is 12.5. The molecule has 35 heavy (non-hydrogen) atoms. The second kappa shape index (κ2) is 13.0. The Labute approximate surface area is 210 Å². The van der Waals surface area contributed by atoms with Gasteiger partial charge in [0.25, 0.3) is 0 Å². The molecule has 2 fully saturated rings. The van der Waals surface area contributed by atoms with Crippen molar-refractivity contribution in [2.24, 2.45) is 11.8 Å². The molecule has 190 valence electrons. The molecule has 0 N–H and O–H groups in total. The first kappa shape index (κ1) is 25.6. The fraction of sp³-hybridized carbons (Fsp3) is 0.567. The molecule has 4 atom stereocenters. The number of hydrogen-bond acceptors (Lipinski definition) is 5. The quantitative estimate of drug-likeness (QED) is 0.298. The van der Waals surface area contributed by atoms with Crippen molar-refractivity contribution in [2.75, 3.05) is 20.8 Å². The van der Waals surface area contributed by atoms with E-state index in [4.69, 9.17) is 18.9 Å². The summed E-state index contributed by atoms with van der Waals surface area (Å²) >= 11 is 0. The molecular formula is C30H40O5. The molecule has 0 heterocycles. The predicted octanol–water partition coefficient (Wildman–Crippen LogP) is 6.63. The van der Waals surface area contributed by atoms with Crippen molar-refractivity contribution >= 4 is 5.97 Å². The van der Waals surface area contributed by atoms with E-state index >= 15 is 0 Å². The minimum Gasteiger partial charge on any atom is -0.493 e. The molecule has 0 bridgehead atoms. The summed E-state index contributed by atoms with van der Waals surface area (Å²) in [5.41, 5.74) is 1.84. The molecule has 2 aromatic rings. The third-order valence-corrected chi connectivity index (χ3v) is 7.77.